The van der Waals surface area contributed by atoms with Crippen LogP contribution in [0.1, 0.15) is 33.5 Å². The molecule has 0 bridgehead atoms. The summed E-state index contributed by atoms with van der Waals surface area (Å²) >= 11 is 1.03. The largest absolute Gasteiger partial charge is 0.476 e. The number of ketones is 1. The minimum absolute atomic E-state index is 0.143. The summed E-state index contributed by atoms with van der Waals surface area (Å²) in [6.45, 7) is 1.85. The van der Waals surface area contributed by atoms with Crippen LogP contribution in [0, 0.1) is 0 Å². The summed E-state index contributed by atoms with van der Waals surface area (Å²) < 4.78 is 10.8. The van der Waals surface area contributed by atoms with E-state index in [9.17, 15) is 13.8 Å². The van der Waals surface area contributed by atoms with Crippen molar-refractivity contribution in [2.75, 3.05) is 23.9 Å². The van der Waals surface area contributed by atoms with Gasteiger partial charge in [0.2, 0.25) is 0 Å². The number of nitrogens with zero attached hydrogens (tertiary/aromatic N) is 1. The summed E-state index contributed by atoms with van der Waals surface area (Å²) in [5, 5.41) is 12.2. The molecule has 6 nitrogen and oxygen atoms in total. The first-order chi connectivity index (χ1) is 8.41. The van der Waals surface area contributed by atoms with E-state index in [0.717, 1.165) is 11.3 Å². The molecule has 0 spiro atoms. The molecule has 1 atom stereocenters. The average Bonchev–Trinajstić information content (AvgIpc) is 2.68. The van der Waals surface area contributed by atoms with Crippen molar-refractivity contribution in [1.82, 2.24) is 4.98 Å². The highest BCUT2D eigenvalue weighted by Gasteiger charge is 2.20. The Labute approximate surface area is 111 Å². The number of anilines is 1. The zero-order chi connectivity index (χ0) is 13.7. The highest BCUT2D eigenvalue weighted by Crippen LogP contribution is 2.23. The van der Waals surface area contributed by atoms with Gasteiger partial charge < -0.3 is 10.4 Å². The van der Waals surface area contributed by atoms with Gasteiger partial charge in [0, 0.05) is 36.3 Å². The zero-order valence-electron chi connectivity index (χ0n) is 10.1. The minimum Gasteiger partial charge on any atom is -0.476 e. The molecule has 1 aromatic heterocycles. The number of Topliss-reactive ketones (excluding diaryl/α,β-unsaturated/α-hetero) is 1. The predicted molar refractivity (Wildman–Crippen MR) is 71.1 cm³/mol. The van der Waals surface area contributed by atoms with E-state index in [1.54, 1.807) is 6.26 Å². The van der Waals surface area contributed by atoms with Gasteiger partial charge in [-0.05, 0) is 6.42 Å². The monoisotopic (exact) mass is 290 g/mol. The van der Waals surface area contributed by atoms with Crippen LogP contribution in [0.15, 0.2) is 0 Å². The second-order valence-corrected chi connectivity index (χ2v) is 6.17. The Balaban J connectivity index is 2.67. The van der Waals surface area contributed by atoms with E-state index < -0.39 is 16.8 Å². The quantitative estimate of drug-likeness (QED) is 0.579. The van der Waals surface area contributed by atoms with Gasteiger partial charge in [-0.25, -0.2) is 9.78 Å². The predicted octanol–water partition coefficient (Wildman–Crippen LogP) is 1.22. The molecule has 8 heteroatoms. The Bertz CT molecular complexity index is 453. The SMILES string of the molecule is CC(=O)c1sc(NCCCS(C)=O)nc1C(=O)O. The summed E-state index contributed by atoms with van der Waals surface area (Å²) in [6, 6.07) is 0. The molecule has 2 N–H and O–H groups in total. The lowest BCUT2D eigenvalue weighted by molar-refractivity contribution is 0.0687. The zero-order valence-corrected chi connectivity index (χ0v) is 11.7. The Morgan fingerprint density at radius 2 is 2.17 bits per heavy atom. The standard InChI is InChI=1S/C10H14N2O4S2/c1-6(13)8-7(9(14)15)12-10(17-8)11-4-3-5-18(2)16/h3-5H2,1-2H3,(H,11,12)(H,14,15). The van der Waals surface area contributed by atoms with Crippen LogP contribution < -0.4 is 5.32 Å². The number of carbonyl (C=O) groups is 2. The molecular weight excluding hydrogens is 276 g/mol. The van der Waals surface area contributed by atoms with E-state index >= 15 is 0 Å². The van der Waals surface area contributed by atoms with Gasteiger partial charge in [-0.2, -0.15) is 0 Å². The number of rotatable bonds is 7. The third-order valence-corrected chi connectivity index (χ3v) is 4.01. The number of thiazole rings is 1. The number of hydrogen-bond donors (Lipinski definition) is 2. The number of carboxylic acid groups (broad SMARTS) is 1. The molecule has 0 radical (unpaired) electrons. The highest BCUT2D eigenvalue weighted by molar-refractivity contribution is 7.84. The Kier molecular flexibility index (Phi) is 5.42. The van der Waals surface area contributed by atoms with Crippen LogP contribution in [-0.4, -0.2) is 44.6 Å². The normalized spacial score (nSPS) is 12.1. The van der Waals surface area contributed by atoms with Crippen molar-refractivity contribution in [3.05, 3.63) is 10.6 Å². The number of aromatic nitrogens is 1. The minimum atomic E-state index is -1.21. The van der Waals surface area contributed by atoms with Crippen molar-refractivity contribution in [1.29, 1.82) is 0 Å². The summed E-state index contributed by atoms with van der Waals surface area (Å²) in [5.74, 6) is -0.948. The molecule has 0 aromatic carbocycles. The fourth-order valence-corrected chi connectivity index (χ4v) is 2.68. The first-order valence-corrected chi connectivity index (χ1v) is 7.75. The van der Waals surface area contributed by atoms with Crippen LogP contribution in [0.3, 0.4) is 0 Å². The fourth-order valence-electron chi connectivity index (χ4n) is 1.25. The van der Waals surface area contributed by atoms with Crippen LogP contribution >= 0.6 is 11.3 Å². The van der Waals surface area contributed by atoms with Crippen molar-refractivity contribution in [2.24, 2.45) is 0 Å². The van der Waals surface area contributed by atoms with Gasteiger partial charge >= 0.3 is 5.97 Å². The summed E-state index contributed by atoms with van der Waals surface area (Å²) in [7, 11) is -0.843. The van der Waals surface area contributed by atoms with Gasteiger partial charge in [-0.3, -0.25) is 9.00 Å². The van der Waals surface area contributed by atoms with Gasteiger partial charge in [0.15, 0.2) is 16.6 Å². The molecule has 1 rings (SSSR count). The smallest absolute Gasteiger partial charge is 0.356 e. The van der Waals surface area contributed by atoms with Gasteiger partial charge in [0.25, 0.3) is 0 Å². The molecule has 0 aliphatic rings. The van der Waals surface area contributed by atoms with Gasteiger partial charge in [-0.15, -0.1) is 0 Å². The maximum atomic E-state index is 11.2. The molecule has 0 fully saturated rings. The third kappa shape index (κ3) is 4.19. The Morgan fingerprint density at radius 3 is 2.61 bits per heavy atom. The van der Waals surface area contributed by atoms with E-state index in [4.69, 9.17) is 5.11 Å². The van der Waals surface area contributed by atoms with Crippen LogP contribution in [0.4, 0.5) is 5.13 Å². The topological polar surface area (TPSA) is 96.4 Å². The summed E-state index contributed by atoms with van der Waals surface area (Å²) in [6.07, 6.45) is 2.32. The Morgan fingerprint density at radius 1 is 1.50 bits per heavy atom. The lowest BCUT2D eigenvalue weighted by Gasteiger charge is -2.00. The van der Waals surface area contributed by atoms with Crippen molar-refractivity contribution in [3.63, 3.8) is 0 Å². The molecule has 0 saturated heterocycles. The summed E-state index contributed by atoms with van der Waals surface area (Å²) in [4.78, 5) is 26.1. The van der Waals surface area contributed by atoms with E-state index in [0.29, 0.717) is 23.8 Å². The maximum absolute atomic E-state index is 11.2. The van der Waals surface area contributed by atoms with Crippen LogP contribution in [0.2, 0.25) is 0 Å². The van der Waals surface area contributed by atoms with Crippen LogP contribution in [0.25, 0.3) is 0 Å². The van der Waals surface area contributed by atoms with Crippen LogP contribution in [0.5, 0.6) is 0 Å². The highest BCUT2D eigenvalue weighted by atomic mass is 32.2. The van der Waals surface area contributed by atoms with Gasteiger partial charge in [-0.1, -0.05) is 11.3 Å². The molecule has 0 aliphatic carbocycles. The number of aromatic carboxylic acids is 1. The van der Waals surface area contributed by atoms with E-state index in [1.165, 1.54) is 6.92 Å². The van der Waals surface area contributed by atoms with E-state index in [-0.39, 0.29) is 16.4 Å². The molecule has 1 unspecified atom stereocenters. The van der Waals surface area contributed by atoms with E-state index in [2.05, 4.69) is 10.3 Å². The van der Waals surface area contributed by atoms with E-state index in [1.807, 2.05) is 0 Å². The third-order valence-electron chi connectivity index (χ3n) is 2.03. The van der Waals surface area contributed by atoms with Crippen LogP contribution in [-0.2, 0) is 10.8 Å². The van der Waals surface area contributed by atoms with Gasteiger partial charge in [0.05, 0.1) is 0 Å². The number of hydrogen-bond acceptors (Lipinski definition) is 6. The van der Waals surface area contributed by atoms with Gasteiger partial charge in [0.1, 0.15) is 4.88 Å². The maximum Gasteiger partial charge on any atom is 0.356 e. The average molecular weight is 290 g/mol. The first-order valence-electron chi connectivity index (χ1n) is 5.20. The van der Waals surface area contributed by atoms with Crippen molar-refractivity contribution < 1.29 is 18.9 Å². The molecule has 1 aromatic rings. The molecule has 1 heterocycles. The second kappa shape index (κ2) is 6.60. The molecule has 100 valence electrons. The molecule has 18 heavy (non-hydrogen) atoms. The molecule has 0 saturated carbocycles. The Hall–Kier alpha value is -1.28. The molecule has 0 aliphatic heterocycles. The number of carbonyl (C=O) groups excluding carboxylic acids is 1. The summed E-state index contributed by atoms with van der Waals surface area (Å²) in [5.41, 5.74) is -0.214. The number of nitrogens with one attached hydrogen (secondary N) is 1. The number of carboxylic acids is 1. The lowest BCUT2D eigenvalue weighted by Crippen LogP contribution is -2.06. The molecular formula is C10H14N2O4S2. The fraction of sp³-hybridized carbons (Fsp3) is 0.500. The molecule has 0 amide bonds. The van der Waals surface area contributed by atoms with Crippen molar-refractivity contribution >= 4 is 39.0 Å². The second-order valence-electron chi connectivity index (χ2n) is 3.62. The first kappa shape index (κ1) is 14.8. The lowest BCUT2D eigenvalue weighted by atomic mass is 10.3. The van der Waals surface area contributed by atoms with Crippen molar-refractivity contribution in [2.45, 2.75) is 13.3 Å². The van der Waals surface area contributed by atoms with Crippen molar-refractivity contribution in [3.8, 4) is 0 Å².